The maximum absolute atomic E-state index is 12.2. The number of hydrogen-bond acceptors (Lipinski definition) is 3. The minimum Gasteiger partial charge on any atom is -0.381 e. The third kappa shape index (κ3) is 4.26. The van der Waals surface area contributed by atoms with Gasteiger partial charge in [0.1, 0.15) is 0 Å². The molecule has 1 saturated heterocycles. The van der Waals surface area contributed by atoms with Crippen LogP contribution in [-0.4, -0.2) is 30.9 Å². The number of thioether (sulfide) groups is 1. The number of benzene rings is 1. The van der Waals surface area contributed by atoms with Crippen molar-refractivity contribution in [1.29, 1.82) is 0 Å². The summed E-state index contributed by atoms with van der Waals surface area (Å²) in [7, 11) is 0. The average Bonchev–Trinajstić information content (AvgIpc) is 2.76. The number of ether oxygens (including phenoxy) is 1. The van der Waals surface area contributed by atoms with Crippen LogP contribution < -0.4 is 5.32 Å². The van der Waals surface area contributed by atoms with Gasteiger partial charge in [0.15, 0.2) is 0 Å². The predicted octanol–water partition coefficient (Wildman–Crippen LogP) is 3.48. The topological polar surface area (TPSA) is 38.3 Å². The van der Waals surface area contributed by atoms with E-state index in [9.17, 15) is 4.79 Å². The molecule has 0 bridgehead atoms. The normalized spacial score (nSPS) is 22.6. The highest BCUT2D eigenvalue weighted by Gasteiger charge is 2.21. The van der Waals surface area contributed by atoms with Crippen LogP contribution in [0, 0.1) is 0 Å². The lowest BCUT2D eigenvalue weighted by molar-refractivity contribution is -0.119. The second-order valence-corrected chi connectivity index (χ2v) is 7.39. The van der Waals surface area contributed by atoms with Gasteiger partial charge in [0.2, 0.25) is 5.91 Å². The lowest BCUT2D eigenvalue weighted by Gasteiger charge is -2.23. The molecule has 0 radical (unpaired) electrons. The molecule has 3 nitrogen and oxygen atoms in total. The van der Waals surface area contributed by atoms with E-state index in [4.69, 9.17) is 4.74 Å². The van der Waals surface area contributed by atoms with Crippen LogP contribution in [0.25, 0.3) is 0 Å². The molecular weight excluding hydrogens is 294 g/mol. The molecule has 0 spiro atoms. The van der Waals surface area contributed by atoms with E-state index < -0.39 is 0 Å². The highest BCUT2D eigenvalue weighted by molar-refractivity contribution is 8.00. The zero-order chi connectivity index (χ0) is 15.2. The van der Waals surface area contributed by atoms with Crippen molar-refractivity contribution in [3.63, 3.8) is 0 Å². The van der Waals surface area contributed by atoms with Crippen LogP contribution in [-0.2, 0) is 16.0 Å². The van der Waals surface area contributed by atoms with Gasteiger partial charge in [-0.1, -0.05) is 30.7 Å². The van der Waals surface area contributed by atoms with Gasteiger partial charge < -0.3 is 10.1 Å². The lowest BCUT2D eigenvalue weighted by Crippen LogP contribution is -2.39. The second kappa shape index (κ2) is 8.02. The highest BCUT2D eigenvalue weighted by atomic mass is 32.2. The zero-order valence-corrected chi connectivity index (χ0v) is 13.9. The van der Waals surface area contributed by atoms with E-state index in [1.807, 2.05) is 0 Å². The average molecular weight is 319 g/mol. The van der Waals surface area contributed by atoms with Crippen molar-refractivity contribution in [2.24, 2.45) is 0 Å². The van der Waals surface area contributed by atoms with Gasteiger partial charge in [-0.05, 0) is 43.2 Å². The molecule has 1 aromatic rings. The molecule has 1 N–H and O–H groups in total. The third-order valence-electron chi connectivity index (χ3n) is 4.57. The van der Waals surface area contributed by atoms with Crippen molar-refractivity contribution in [3.05, 3.63) is 35.4 Å². The van der Waals surface area contributed by atoms with Crippen molar-refractivity contribution in [2.45, 2.75) is 49.8 Å². The third-order valence-corrected chi connectivity index (χ3v) is 5.89. The fraction of sp³-hybridized carbons (Fsp3) is 0.611. The monoisotopic (exact) mass is 319 g/mol. The minimum absolute atomic E-state index is 0.179. The molecular formula is C18H25NO2S. The molecule has 4 heteroatoms. The quantitative estimate of drug-likeness (QED) is 0.864. The molecule has 0 unspecified atom stereocenters. The number of aryl methyl sites for hydroxylation is 1. The SMILES string of the molecule is O=C(CS[C@H]1CCCCc2ccccc21)NC1CCOCC1. The van der Waals surface area contributed by atoms with E-state index in [2.05, 4.69) is 29.6 Å². The van der Waals surface area contributed by atoms with E-state index in [0.717, 1.165) is 26.1 Å². The molecule has 2 aliphatic rings. The fourth-order valence-corrected chi connectivity index (χ4v) is 4.52. The predicted molar refractivity (Wildman–Crippen MR) is 91.2 cm³/mol. The molecule has 1 amide bonds. The smallest absolute Gasteiger partial charge is 0.230 e. The van der Waals surface area contributed by atoms with Crippen molar-refractivity contribution in [3.8, 4) is 0 Å². The molecule has 120 valence electrons. The first-order valence-corrected chi connectivity index (χ1v) is 9.44. The molecule has 1 aromatic carbocycles. The molecule has 1 heterocycles. The molecule has 3 rings (SSSR count). The Kier molecular flexibility index (Phi) is 5.79. The Morgan fingerprint density at radius 3 is 2.86 bits per heavy atom. The first kappa shape index (κ1) is 15.9. The van der Waals surface area contributed by atoms with Crippen LogP contribution in [0.4, 0.5) is 0 Å². The molecule has 1 fully saturated rings. The van der Waals surface area contributed by atoms with Crippen LogP contribution in [0.2, 0.25) is 0 Å². The standard InChI is InChI=1S/C18H25NO2S/c20-18(19-15-9-11-21-12-10-15)13-22-17-8-4-2-6-14-5-1-3-7-16(14)17/h1,3,5,7,15,17H,2,4,6,8-13H2,(H,19,20)/t17-/m0/s1. The van der Waals surface area contributed by atoms with Gasteiger partial charge >= 0.3 is 0 Å². The molecule has 1 aliphatic heterocycles. The van der Waals surface area contributed by atoms with Crippen LogP contribution in [0.1, 0.15) is 48.5 Å². The van der Waals surface area contributed by atoms with Gasteiger partial charge in [-0.25, -0.2) is 0 Å². The minimum atomic E-state index is 0.179. The number of rotatable bonds is 4. The Labute approximate surface area is 137 Å². The highest BCUT2D eigenvalue weighted by Crippen LogP contribution is 2.38. The van der Waals surface area contributed by atoms with Gasteiger partial charge in [0.25, 0.3) is 0 Å². The summed E-state index contributed by atoms with van der Waals surface area (Å²) in [5, 5.41) is 3.63. The van der Waals surface area contributed by atoms with Gasteiger partial charge in [-0.15, -0.1) is 11.8 Å². The summed E-state index contributed by atoms with van der Waals surface area (Å²) >= 11 is 1.81. The summed E-state index contributed by atoms with van der Waals surface area (Å²) in [6, 6.07) is 9.05. The van der Waals surface area contributed by atoms with Crippen LogP contribution in [0.5, 0.6) is 0 Å². The fourth-order valence-electron chi connectivity index (χ4n) is 3.34. The summed E-state index contributed by atoms with van der Waals surface area (Å²) < 4.78 is 5.33. The lowest BCUT2D eigenvalue weighted by atomic mass is 10.0. The Morgan fingerprint density at radius 2 is 2.00 bits per heavy atom. The van der Waals surface area contributed by atoms with Crippen molar-refractivity contribution < 1.29 is 9.53 Å². The number of amides is 1. The molecule has 0 aromatic heterocycles. The van der Waals surface area contributed by atoms with Crippen molar-refractivity contribution >= 4 is 17.7 Å². The van der Waals surface area contributed by atoms with E-state index in [0.29, 0.717) is 17.0 Å². The number of nitrogens with one attached hydrogen (secondary N) is 1. The van der Waals surface area contributed by atoms with Crippen LogP contribution in [0.15, 0.2) is 24.3 Å². The number of fused-ring (bicyclic) bond motifs is 1. The first-order valence-electron chi connectivity index (χ1n) is 8.39. The molecule has 1 aliphatic carbocycles. The second-order valence-electron chi connectivity index (χ2n) is 6.20. The van der Waals surface area contributed by atoms with Gasteiger partial charge in [-0.2, -0.15) is 0 Å². The Hall–Kier alpha value is -1.00. The Morgan fingerprint density at radius 1 is 1.18 bits per heavy atom. The van der Waals surface area contributed by atoms with Gasteiger partial charge in [-0.3, -0.25) is 4.79 Å². The van der Waals surface area contributed by atoms with E-state index in [1.54, 1.807) is 11.8 Å². The maximum Gasteiger partial charge on any atom is 0.230 e. The van der Waals surface area contributed by atoms with E-state index in [1.165, 1.54) is 36.8 Å². The molecule has 22 heavy (non-hydrogen) atoms. The van der Waals surface area contributed by atoms with Gasteiger partial charge in [0.05, 0.1) is 5.75 Å². The zero-order valence-electron chi connectivity index (χ0n) is 13.1. The Balaban J connectivity index is 1.53. The summed E-state index contributed by atoms with van der Waals surface area (Å²) in [6.45, 7) is 1.54. The number of carbonyl (C=O) groups excluding carboxylic acids is 1. The number of hydrogen-bond donors (Lipinski definition) is 1. The van der Waals surface area contributed by atoms with Crippen molar-refractivity contribution in [1.82, 2.24) is 5.32 Å². The number of carbonyl (C=O) groups is 1. The van der Waals surface area contributed by atoms with Crippen molar-refractivity contribution in [2.75, 3.05) is 19.0 Å². The molecule has 0 saturated carbocycles. The largest absolute Gasteiger partial charge is 0.381 e. The molecule has 1 atom stereocenters. The van der Waals surface area contributed by atoms with Crippen LogP contribution >= 0.6 is 11.8 Å². The van der Waals surface area contributed by atoms with Gasteiger partial charge in [0, 0.05) is 24.5 Å². The maximum atomic E-state index is 12.2. The summed E-state index contributed by atoms with van der Waals surface area (Å²) in [6.07, 6.45) is 6.79. The van der Waals surface area contributed by atoms with E-state index in [-0.39, 0.29) is 5.91 Å². The first-order chi connectivity index (χ1) is 10.8. The van der Waals surface area contributed by atoms with Crippen LogP contribution in [0.3, 0.4) is 0 Å². The summed E-state index contributed by atoms with van der Waals surface area (Å²) in [5.74, 6) is 0.745. The van der Waals surface area contributed by atoms with E-state index >= 15 is 0 Å². The summed E-state index contributed by atoms with van der Waals surface area (Å²) in [4.78, 5) is 12.2. The Bertz CT molecular complexity index is 500. The summed E-state index contributed by atoms with van der Waals surface area (Å²) in [5.41, 5.74) is 2.92.